The van der Waals surface area contributed by atoms with Crippen molar-refractivity contribution in [2.45, 2.75) is 0 Å². The van der Waals surface area contributed by atoms with Crippen LogP contribution in [0.4, 0.5) is 17.1 Å². The van der Waals surface area contributed by atoms with Gasteiger partial charge in [0.2, 0.25) is 0 Å². The van der Waals surface area contributed by atoms with Crippen LogP contribution in [0.2, 0.25) is 0 Å². The summed E-state index contributed by atoms with van der Waals surface area (Å²) in [4.78, 5) is 2.36. The van der Waals surface area contributed by atoms with E-state index in [2.05, 4.69) is 144 Å². The highest BCUT2D eigenvalue weighted by atomic mass is 16.3. The number of rotatable bonds is 4. The van der Waals surface area contributed by atoms with Gasteiger partial charge in [0.1, 0.15) is 11.2 Å². The largest absolute Gasteiger partial charge is 0.455 e. The van der Waals surface area contributed by atoms with Gasteiger partial charge in [-0.25, -0.2) is 0 Å². The minimum atomic E-state index is 0.917. The molecule has 0 N–H and O–H groups in total. The number of hydrogen-bond donors (Lipinski definition) is 0. The zero-order chi connectivity index (χ0) is 26.5. The molecule has 1 aromatic heterocycles. The lowest BCUT2D eigenvalue weighted by molar-refractivity contribution is 0.670. The summed E-state index contributed by atoms with van der Waals surface area (Å²) in [7, 11) is 0. The first-order chi connectivity index (χ1) is 19.8. The molecule has 40 heavy (non-hydrogen) atoms. The molecular formula is C38H25NO. The maximum absolute atomic E-state index is 6.33. The Kier molecular flexibility index (Phi) is 5.17. The van der Waals surface area contributed by atoms with Crippen LogP contribution < -0.4 is 4.90 Å². The third-order valence-corrected chi connectivity index (χ3v) is 7.84. The fourth-order valence-corrected chi connectivity index (χ4v) is 5.91. The monoisotopic (exact) mass is 511 g/mol. The summed E-state index contributed by atoms with van der Waals surface area (Å²) in [6, 6.07) is 53.8. The maximum Gasteiger partial charge on any atom is 0.143 e. The lowest BCUT2D eigenvalue weighted by Gasteiger charge is -2.27. The highest BCUT2D eigenvalue weighted by Crippen LogP contribution is 2.41. The van der Waals surface area contributed by atoms with Crippen LogP contribution in [0.3, 0.4) is 0 Å². The van der Waals surface area contributed by atoms with E-state index in [0.29, 0.717) is 0 Å². The summed E-state index contributed by atoms with van der Waals surface area (Å²) in [6.45, 7) is 0. The van der Waals surface area contributed by atoms with E-state index >= 15 is 0 Å². The minimum Gasteiger partial charge on any atom is -0.455 e. The Hall–Kier alpha value is -5.34. The molecule has 188 valence electrons. The van der Waals surface area contributed by atoms with Gasteiger partial charge in [-0.15, -0.1) is 0 Å². The Balaban J connectivity index is 1.30. The normalized spacial score (nSPS) is 11.5. The Morgan fingerprint density at radius 2 is 1.07 bits per heavy atom. The van der Waals surface area contributed by atoms with E-state index in [0.717, 1.165) is 50.1 Å². The van der Waals surface area contributed by atoms with Gasteiger partial charge < -0.3 is 9.32 Å². The predicted molar refractivity (Wildman–Crippen MR) is 169 cm³/mol. The summed E-state index contributed by atoms with van der Waals surface area (Å²) in [5.41, 5.74) is 7.46. The van der Waals surface area contributed by atoms with Crippen LogP contribution in [0.25, 0.3) is 54.6 Å². The van der Waals surface area contributed by atoms with Crippen LogP contribution in [0, 0.1) is 0 Å². The standard InChI is InChI=1S/C38H25NO/c1-2-11-29-25-31(24-19-26(29)9-1)39(36-17-7-12-27-10-3-4-13-32(27)36)30-22-20-28(21-23-30)33-15-8-16-35-34-14-5-6-18-37(34)40-38(33)35/h1-25H. The summed E-state index contributed by atoms with van der Waals surface area (Å²) in [6.07, 6.45) is 0. The topological polar surface area (TPSA) is 16.4 Å². The third kappa shape index (κ3) is 3.65. The molecular weight excluding hydrogens is 486 g/mol. The third-order valence-electron chi connectivity index (χ3n) is 7.84. The zero-order valence-corrected chi connectivity index (χ0v) is 21.8. The van der Waals surface area contributed by atoms with Gasteiger partial charge in [-0.1, -0.05) is 115 Å². The first-order valence-electron chi connectivity index (χ1n) is 13.6. The molecule has 0 radical (unpaired) electrons. The molecule has 8 aromatic rings. The zero-order valence-electron chi connectivity index (χ0n) is 21.8. The number of hydrogen-bond acceptors (Lipinski definition) is 2. The highest BCUT2D eigenvalue weighted by Gasteiger charge is 2.17. The summed E-state index contributed by atoms with van der Waals surface area (Å²) in [5, 5.41) is 7.19. The van der Waals surface area contributed by atoms with Crippen molar-refractivity contribution in [1.82, 2.24) is 0 Å². The average Bonchev–Trinajstić information content (AvgIpc) is 3.41. The van der Waals surface area contributed by atoms with Crippen molar-refractivity contribution in [1.29, 1.82) is 0 Å². The molecule has 2 heteroatoms. The molecule has 2 nitrogen and oxygen atoms in total. The Bertz CT molecular complexity index is 2170. The minimum absolute atomic E-state index is 0.917. The molecule has 0 fully saturated rings. The van der Waals surface area contributed by atoms with Crippen LogP contribution in [-0.4, -0.2) is 0 Å². The first-order valence-corrected chi connectivity index (χ1v) is 13.6. The lowest BCUT2D eigenvalue weighted by Crippen LogP contribution is -2.10. The number of benzene rings is 7. The van der Waals surface area contributed by atoms with Gasteiger partial charge in [0, 0.05) is 33.1 Å². The number of anilines is 3. The Morgan fingerprint density at radius 1 is 0.425 bits per heavy atom. The molecule has 0 spiro atoms. The fourth-order valence-electron chi connectivity index (χ4n) is 5.91. The lowest BCUT2D eigenvalue weighted by atomic mass is 10.0. The Morgan fingerprint density at radius 3 is 1.95 bits per heavy atom. The van der Waals surface area contributed by atoms with Crippen LogP contribution in [0.5, 0.6) is 0 Å². The van der Waals surface area contributed by atoms with E-state index in [1.54, 1.807) is 0 Å². The van der Waals surface area contributed by atoms with Crippen LogP contribution >= 0.6 is 0 Å². The first kappa shape index (κ1) is 22.6. The van der Waals surface area contributed by atoms with E-state index in [4.69, 9.17) is 4.42 Å². The molecule has 0 atom stereocenters. The van der Waals surface area contributed by atoms with E-state index in [1.165, 1.54) is 21.5 Å². The van der Waals surface area contributed by atoms with Crippen molar-refractivity contribution in [2.24, 2.45) is 0 Å². The average molecular weight is 512 g/mol. The fraction of sp³-hybridized carbons (Fsp3) is 0. The second-order valence-corrected chi connectivity index (χ2v) is 10.2. The van der Waals surface area contributed by atoms with Crippen molar-refractivity contribution in [3.05, 3.63) is 152 Å². The number of nitrogens with zero attached hydrogens (tertiary/aromatic N) is 1. The molecule has 7 aromatic carbocycles. The van der Waals surface area contributed by atoms with Gasteiger partial charge in [-0.2, -0.15) is 0 Å². The van der Waals surface area contributed by atoms with E-state index in [9.17, 15) is 0 Å². The van der Waals surface area contributed by atoms with Crippen molar-refractivity contribution in [2.75, 3.05) is 4.90 Å². The maximum atomic E-state index is 6.33. The summed E-state index contributed by atoms with van der Waals surface area (Å²) >= 11 is 0. The molecule has 0 unspecified atom stereocenters. The van der Waals surface area contributed by atoms with Crippen molar-refractivity contribution >= 4 is 60.5 Å². The predicted octanol–water partition coefficient (Wildman–Crippen LogP) is 11.0. The van der Waals surface area contributed by atoms with Gasteiger partial charge in [0.05, 0.1) is 5.69 Å². The number of para-hydroxylation sites is 2. The highest BCUT2D eigenvalue weighted by molar-refractivity contribution is 6.09. The molecule has 0 aliphatic rings. The van der Waals surface area contributed by atoms with E-state index < -0.39 is 0 Å². The van der Waals surface area contributed by atoms with Crippen LogP contribution in [-0.2, 0) is 0 Å². The van der Waals surface area contributed by atoms with E-state index in [1.807, 2.05) is 12.1 Å². The summed E-state index contributed by atoms with van der Waals surface area (Å²) < 4.78 is 6.33. The second-order valence-electron chi connectivity index (χ2n) is 10.2. The SMILES string of the molecule is c1ccc2cc(N(c3ccc(-c4cccc5c4oc4ccccc45)cc3)c3cccc4ccccc34)ccc2c1. The van der Waals surface area contributed by atoms with Crippen molar-refractivity contribution in [3.63, 3.8) is 0 Å². The van der Waals surface area contributed by atoms with Crippen molar-refractivity contribution < 1.29 is 4.42 Å². The molecule has 0 aliphatic carbocycles. The van der Waals surface area contributed by atoms with Crippen LogP contribution in [0.1, 0.15) is 0 Å². The molecule has 0 aliphatic heterocycles. The van der Waals surface area contributed by atoms with Gasteiger partial charge in [-0.3, -0.25) is 0 Å². The Labute approximate surface area is 232 Å². The van der Waals surface area contributed by atoms with Gasteiger partial charge in [0.15, 0.2) is 0 Å². The molecule has 0 saturated heterocycles. The second kappa shape index (κ2) is 9.14. The molecule has 0 amide bonds. The molecule has 8 rings (SSSR count). The summed E-state index contributed by atoms with van der Waals surface area (Å²) in [5.74, 6) is 0. The number of furan rings is 1. The number of fused-ring (bicyclic) bond motifs is 5. The van der Waals surface area contributed by atoms with E-state index in [-0.39, 0.29) is 0 Å². The molecule has 0 bridgehead atoms. The van der Waals surface area contributed by atoms with Gasteiger partial charge in [-0.05, 0) is 58.1 Å². The van der Waals surface area contributed by atoms with Crippen LogP contribution in [0.15, 0.2) is 156 Å². The quantitative estimate of drug-likeness (QED) is 0.234. The smallest absolute Gasteiger partial charge is 0.143 e. The molecule has 0 saturated carbocycles. The van der Waals surface area contributed by atoms with Gasteiger partial charge >= 0.3 is 0 Å². The van der Waals surface area contributed by atoms with Gasteiger partial charge in [0.25, 0.3) is 0 Å². The van der Waals surface area contributed by atoms with Crippen molar-refractivity contribution in [3.8, 4) is 11.1 Å². The molecule has 1 heterocycles.